The Morgan fingerprint density at radius 3 is 2.36 bits per heavy atom. The molecule has 3 aromatic carbocycles. The first-order valence-electron chi connectivity index (χ1n) is 12.8. The van der Waals surface area contributed by atoms with Crippen molar-refractivity contribution in [1.29, 1.82) is 0 Å². The Morgan fingerprint density at radius 2 is 1.74 bits per heavy atom. The van der Waals surface area contributed by atoms with Gasteiger partial charge in [-0.25, -0.2) is 4.79 Å². The minimum Gasteiger partial charge on any atom is -0.507 e. The van der Waals surface area contributed by atoms with E-state index in [1.807, 2.05) is 0 Å². The van der Waals surface area contributed by atoms with Crippen LogP contribution in [-0.2, 0) is 6.54 Å². The second-order valence-corrected chi connectivity index (χ2v) is 10.5. The standard InChI is InChI=1S/C29H23Cl2F3N4O4/c30-22-11-4-16(12-23(22)31)15-35-28(41)38-25(17-2-1-3-17)14-24(37-38)21-10-7-19(13-26(21)39)36-27(40)18-5-8-20(9-6-18)42-29(32,33)34/h4-14,17,39H,1-3,15H2,(H,35,41)(H,36,40). The molecule has 1 fully saturated rings. The van der Waals surface area contributed by atoms with E-state index in [4.69, 9.17) is 23.2 Å². The zero-order valence-electron chi connectivity index (χ0n) is 21.7. The van der Waals surface area contributed by atoms with Crippen LogP contribution in [0.5, 0.6) is 11.5 Å². The van der Waals surface area contributed by atoms with E-state index in [9.17, 15) is 27.9 Å². The maximum Gasteiger partial charge on any atom is 0.573 e. The third-order valence-corrected chi connectivity index (χ3v) is 7.50. The highest BCUT2D eigenvalue weighted by Gasteiger charge is 2.31. The van der Waals surface area contributed by atoms with Gasteiger partial charge in [0.15, 0.2) is 0 Å². The van der Waals surface area contributed by atoms with E-state index < -0.39 is 24.1 Å². The number of phenolic OH excluding ortho intramolecular Hbond substituents is 1. The summed E-state index contributed by atoms with van der Waals surface area (Å²) in [7, 11) is 0. The van der Waals surface area contributed by atoms with Gasteiger partial charge in [0.25, 0.3) is 5.91 Å². The summed E-state index contributed by atoms with van der Waals surface area (Å²) in [5.74, 6) is -1.10. The van der Waals surface area contributed by atoms with Crippen LogP contribution in [-0.4, -0.2) is 33.2 Å². The lowest BCUT2D eigenvalue weighted by Crippen LogP contribution is -2.31. The average Bonchev–Trinajstić information content (AvgIpc) is 3.32. The number of alkyl halides is 3. The van der Waals surface area contributed by atoms with E-state index in [0.717, 1.165) is 42.7 Å². The number of rotatable bonds is 7. The lowest BCUT2D eigenvalue weighted by molar-refractivity contribution is -0.274. The molecule has 5 rings (SSSR count). The van der Waals surface area contributed by atoms with E-state index in [0.29, 0.717) is 21.3 Å². The molecule has 0 unspecified atom stereocenters. The molecule has 1 saturated carbocycles. The highest BCUT2D eigenvalue weighted by Crippen LogP contribution is 2.39. The van der Waals surface area contributed by atoms with Crippen molar-refractivity contribution in [3.8, 4) is 22.8 Å². The van der Waals surface area contributed by atoms with Crippen LogP contribution in [0.25, 0.3) is 11.3 Å². The van der Waals surface area contributed by atoms with Gasteiger partial charge in [-0.1, -0.05) is 35.7 Å². The van der Waals surface area contributed by atoms with Crippen LogP contribution >= 0.6 is 23.2 Å². The van der Waals surface area contributed by atoms with Gasteiger partial charge in [0.1, 0.15) is 11.5 Å². The molecule has 0 radical (unpaired) electrons. The zero-order valence-corrected chi connectivity index (χ0v) is 23.2. The summed E-state index contributed by atoms with van der Waals surface area (Å²) >= 11 is 12.0. The van der Waals surface area contributed by atoms with Crippen LogP contribution < -0.4 is 15.4 Å². The molecular formula is C29H23Cl2F3N4O4. The largest absolute Gasteiger partial charge is 0.573 e. The summed E-state index contributed by atoms with van der Waals surface area (Å²) in [5, 5.41) is 21.5. The van der Waals surface area contributed by atoms with Gasteiger partial charge in [-0.3, -0.25) is 4.79 Å². The Kier molecular flexibility index (Phi) is 8.33. The molecule has 1 aliphatic carbocycles. The first-order chi connectivity index (χ1) is 20.0. The summed E-state index contributed by atoms with van der Waals surface area (Å²) in [4.78, 5) is 25.7. The molecule has 2 amide bonds. The number of hydrogen-bond donors (Lipinski definition) is 3. The predicted octanol–water partition coefficient (Wildman–Crippen LogP) is 7.74. The number of phenols is 1. The molecule has 3 N–H and O–H groups in total. The smallest absolute Gasteiger partial charge is 0.507 e. The molecule has 13 heteroatoms. The molecule has 4 aromatic rings. The summed E-state index contributed by atoms with van der Waals surface area (Å²) in [6.07, 6.45) is -1.99. The van der Waals surface area contributed by atoms with Crippen molar-refractivity contribution < 1.29 is 32.6 Å². The molecular weight excluding hydrogens is 596 g/mol. The maximum absolute atomic E-state index is 13.1. The van der Waals surface area contributed by atoms with Crippen LogP contribution in [0.4, 0.5) is 23.7 Å². The van der Waals surface area contributed by atoms with Gasteiger partial charge in [0, 0.05) is 35.3 Å². The van der Waals surface area contributed by atoms with Crippen LogP contribution in [0, 0.1) is 0 Å². The summed E-state index contributed by atoms with van der Waals surface area (Å²) in [5.41, 5.74) is 2.53. The summed E-state index contributed by atoms with van der Waals surface area (Å²) < 4.78 is 42.2. The number of carbonyl (C=O) groups excluding carboxylic acids is 2. The molecule has 1 heterocycles. The van der Waals surface area contributed by atoms with Gasteiger partial charge >= 0.3 is 12.4 Å². The lowest BCUT2D eigenvalue weighted by Gasteiger charge is -2.25. The normalized spacial score (nSPS) is 13.4. The van der Waals surface area contributed by atoms with Gasteiger partial charge < -0.3 is 20.5 Å². The number of aromatic hydroxyl groups is 1. The van der Waals surface area contributed by atoms with Crippen molar-refractivity contribution in [3.63, 3.8) is 0 Å². The molecule has 0 bridgehead atoms. The van der Waals surface area contributed by atoms with Crippen molar-refractivity contribution in [2.24, 2.45) is 0 Å². The van der Waals surface area contributed by atoms with E-state index >= 15 is 0 Å². The van der Waals surface area contributed by atoms with Gasteiger partial charge in [-0.2, -0.15) is 9.78 Å². The number of halogens is 5. The Balaban J connectivity index is 1.30. The number of nitrogens with one attached hydrogen (secondary N) is 2. The highest BCUT2D eigenvalue weighted by atomic mass is 35.5. The maximum atomic E-state index is 13.1. The van der Waals surface area contributed by atoms with Gasteiger partial charge in [0.2, 0.25) is 0 Å². The predicted molar refractivity (Wildman–Crippen MR) is 151 cm³/mol. The first kappa shape index (κ1) is 29.3. The van der Waals surface area contributed by atoms with Crippen LogP contribution in [0.1, 0.15) is 46.8 Å². The summed E-state index contributed by atoms with van der Waals surface area (Å²) in [6.45, 7) is 0.201. The van der Waals surface area contributed by atoms with Crippen LogP contribution in [0.3, 0.4) is 0 Å². The number of amides is 2. The average molecular weight is 619 g/mol. The lowest BCUT2D eigenvalue weighted by atomic mass is 9.82. The van der Waals surface area contributed by atoms with Crippen LogP contribution in [0.2, 0.25) is 10.0 Å². The van der Waals surface area contributed by atoms with E-state index in [1.165, 1.54) is 22.9 Å². The molecule has 1 aromatic heterocycles. The molecule has 8 nitrogen and oxygen atoms in total. The number of benzene rings is 3. The fourth-order valence-corrected chi connectivity index (χ4v) is 4.74. The van der Waals surface area contributed by atoms with Crippen molar-refractivity contribution >= 4 is 40.8 Å². The van der Waals surface area contributed by atoms with Gasteiger partial charge in [0.05, 0.1) is 21.4 Å². The van der Waals surface area contributed by atoms with Crippen molar-refractivity contribution in [3.05, 3.63) is 93.6 Å². The molecule has 1 aliphatic rings. The van der Waals surface area contributed by atoms with Crippen molar-refractivity contribution in [1.82, 2.24) is 15.1 Å². The number of aromatic nitrogens is 2. The third-order valence-electron chi connectivity index (χ3n) is 6.76. The number of ether oxygens (including phenoxy) is 1. The second-order valence-electron chi connectivity index (χ2n) is 9.66. The molecule has 0 saturated heterocycles. The third kappa shape index (κ3) is 6.80. The Morgan fingerprint density at radius 1 is 1.00 bits per heavy atom. The minimum atomic E-state index is -4.84. The fourth-order valence-electron chi connectivity index (χ4n) is 4.42. The molecule has 218 valence electrons. The number of hydrogen-bond acceptors (Lipinski definition) is 5. The van der Waals surface area contributed by atoms with Gasteiger partial charge in [-0.05, 0) is 73.0 Å². The zero-order chi connectivity index (χ0) is 30.0. The number of anilines is 1. The quantitative estimate of drug-likeness (QED) is 0.196. The second kappa shape index (κ2) is 11.9. The Hall–Kier alpha value is -4.22. The molecule has 42 heavy (non-hydrogen) atoms. The summed E-state index contributed by atoms with van der Waals surface area (Å²) in [6, 6.07) is 15.2. The molecule has 0 atom stereocenters. The van der Waals surface area contributed by atoms with Crippen molar-refractivity contribution in [2.75, 3.05) is 5.32 Å². The minimum absolute atomic E-state index is 0.0869. The topological polar surface area (TPSA) is 105 Å². The number of carbonyl (C=O) groups is 2. The Labute approximate surface area is 248 Å². The SMILES string of the molecule is O=C(Nc1ccc(-c2cc(C3CCC3)n(C(=O)NCc3ccc(Cl)c(Cl)c3)n2)c(O)c1)c1ccc(OC(F)(F)F)cc1. The molecule has 0 spiro atoms. The molecule has 0 aliphatic heterocycles. The van der Waals surface area contributed by atoms with Crippen molar-refractivity contribution in [2.45, 2.75) is 38.1 Å². The fraction of sp³-hybridized carbons (Fsp3) is 0.207. The van der Waals surface area contributed by atoms with E-state index in [-0.39, 0.29) is 29.5 Å². The first-order valence-corrected chi connectivity index (χ1v) is 13.5. The highest BCUT2D eigenvalue weighted by molar-refractivity contribution is 6.42. The van der Waals surface area contributed by atoms with E-state index in [1.54, 1.807) is 36.4 Å². The Bertz CT molecular complexity index is 1640. The van der Waals surface area contributed by atoms with Gasteiger partial charge in [-0.15, -0.1) is 13.2 Å². The monoisotopic (exact) mass is 618 g/mol. The van der Waals surface area contributed by atoms with E-state index in [2.05, 4.69) is 20.5 Å². The number of nitrogens with zero attached hydrogens (tertiary/aromatic N) is 2. The van der Waals surface area contributed by atoms with Crippen LogP contribution in [0.15, 0.2) is 66.7 Å².